The third kappa shape index (κ3) is 3.45. The van der Waals surface area contributed by atoms with Crippen LogP contribution in [0.15, 0.2) is 0 Å². The maximum absolute atomic E-state index is 9.89. The molecule has 0 aliphatic carbocycles. The predicted molar refractivity (Wildman–Crippen MR) is 27.1 cm³/mol. The molecule has 4 heteroatoms. The lowest BCUT2D eigenvalue weighted by atomic mass is 10.9. The van der Waals surface area contributed by atoms with Crippen LogP contribution < -0.4 is 0 Å². The van der Waals surface area contributed by atoms with Gasteiger partial charge in [0.1, 0.15) is 0 Å². The maximum atomic E-state index is 9.89. The second-order valence-corrected chi connectivity index (χ2v) is 0.957. The van der Waals surface area contributed by atoms with E-state index in [-0.39, 0.29) is 0 Å². The van der Waals surface area contributed by atoms with Crippen LogP contribution in [0, 0.1) is 0 Å². The molecule has 0 aromatic heterocycles. The largest absolute Gasteiger partial charge is 0.520 e. The number of thiol groups is 1. The van der Waals surface area contributed by atoms with Gasteiger partial charge in [-0.1, -0.05) is 0 Å². The van der Waals surface area contributed by atoms with Crippen LogP contribution >= 0.6 is 12.9 Å². The summed E-state index contributed by atoms with van der Waals surface area (Å²) in [4.78, 5) is 9.89. The van der Waals surface area contributed by atoms with Crippen molar-refractivity contribution in [1.29, 1.82) is 0 Å². The van der Waals surface area contributed by atoms with E-state index in [0.717, 1.165) is 0 Å². The highest BCUT2D eigenvalue weighted by molar-refractivity contribution is 7.75. The zero-order valence-electron chi connectivity index (χ0n) is 3.88. The van der Waals surface area contributed by atoms with Crippen molar-refractivity contribution < 1.29 is 13.7 Å². The van der Waals surface area contributed by atoms with Crippen LogP contribution in [-0.4, -0.2) is 12.8 Å². The van der Waals surface area contributed by atoms with Crippen molar-refractivity contribution >= 4 is 19.1 Å². The summed E-state index contributed by atoms with van der Waals surface area (Å²) in [6.45, 7) is 2.00. The molecule has 0 aliphatic rings. The fraction of sp³-hybridized carbons (Fsp3) is 0.667. The molecule has 0 heterocycles. The first-order valence-corrected chi connectivity index (χ1v) is 2.16. The van der Waals surface area contributed by atoms with E-state index in [9.17, 15) is 4.79 Å². The van der Waals surface area contributed by atoms with E-state index in [1.165, 1.54) is 0 Å². The Morgan fingerprint density at radius 1 is 1.86 bits per heavy atom. The zero-order valence-corrected chi connectivity index (χ0v) is 4.77. The number of hydrogen-bond acceptors (Lipinski definition) is 4. The lowest BCUT2D eigenvalue weighted by molar-refractivity contribution is 0.112. The number of carbonyl (C=O) groups is 1. The summed E-state index contributed by atoms with van der Waals surface area (Å²) in [6.07, 6.45) is -0.758. The van der Waals surface area contributed by atoms with Gasteiger partial charge in [-0.05, 0) is 6.92 Å². The van der Waals surface area contributed by atoms with Crippen LogP contribution in [0.4, 0.5) is 4.79 Å². The molecule has 0 fully saturated rings. The maximum Gasteiger partial charge on any atom is 0.520 e. The van der Waals surface area contributed by atoms with Gasteiger partial charge in [0.2, 0.25) is 0 Å². The van der Waals surface area contributed by atoms with Crippen molar-refractivity contribution in [2.45, 2.75) is 6.92 Å². The average Bonchev–Trinajstić information content (AvgIpc) is 1.68. The molecule has 0 radical (unpaired) electrons. The number of rotatable bonds is 1. The lowest BCUT2D eigenvalue weighted by Gasteiger charge is -1.93. The van der Waals surface area contributed by atoms with Crippen molar-refractivity contribution in [2.24, 2.45) is 0 Å². The quantitative estimate of drug-likeness (QED) is 0.320. The van der Waals surface area contributed by atoms with Gasteiger partial charge in [0, 0.05) is 12.9 Å². The van der Waals surface area contributed by atoms with Gasteiger partial charge in [-0.15, -0.1) is 0 Å². The normalized spacial score (nSPS) is 7.71. The molecule has 0 bridgehead atoms. The monoisotopic (exact) mass is 122 g/mol. The zero-order chi connectivity index (χ0) is 5.70. The summed E-state index contributed by atoms with van der Waals surface area (Å²) in [5.74, 6) is 0. The van der Waals surface area contributed by atoms with Gasteiger partial charge in [0.15, 0.2) is 0 Å². The van der Waals surface area contributed by atoms with E-state index >= 15 is 0 Å². The molecule has 0 spiro atoms. The Hall–Kier alpha value is -0.380. The molecular weight excluding hydrogens is 116 g/mol. The highest BCUT2D eigenvalue weighted by Gasteiger charge is 1.94. The Labute approximate surface area is 47.2 Å². The minimum Gasteiger partial charge on any atom is -0.434 e. The molecule has 0 N–H and O–H groups in total. The predicted octanol–water partition coefficient (Wildman–Crippen LogP) is 1.00. The molecule has 0 aliphatic heterocycles. The van der Waals surface area contributed by atoms with Crippen molar-refractivity contribution in [3.63, 3.8) is 0 Å². The van der Waals surface area contributed by atoms with Crippen LogP contribution in [0.1, 0.15) is 6.92 Å². The fourth-order valence-corrected chi connectivity index (χ4v) is 0.197. The van der Waals surface area contributed by atoms with Crippen LogP contribution in [-0.2, 0) is 8.92 Å². The second-order valence-electron chi connectivity index (χ2n) is 0.774. The Morgan fingerprint density at radius 3 is 2.57 bits per heavy atom. The van der Waals surface area contributed by atoms with E-state index in [1.54, 1.807) is 6.92 Å². The molecule has 0 aromatic carbocycles. The molecule has 0 saturated heterocycles. The highest BCUT2D eigenvalue weighted by atomic mass is 32.1. The van der Waals surface area contributed by atoms with E-state index in [2.05, 4.69) is 21.8 Å². The van der Waals surface area contributed by atoms with Gasteiger partial charge < -0.3 is 8.92 Å². The first kappa shape index (κ1) is 6.62. The third-order valence-corrected chi connectivity index (χ3v) is 0.486. The van der Waals surface area contributed by atoms with Gasteiger partial charge in [-0.2, -0.15) is 0 Å². The Balaban J connectivity index is 3.00. The summed E-state index contributed by atoms with van der Waals surface area (Å²) in [6, 6.07) is 0. The van der Waals surface area contributed by atoms with Crippen molar-refractivity contribution in [3.8, 4) is 0 Å². The standard InChI is InChI=1S/C3H6O3S/c1-2-5-3(4)6-7/h7H,2H2,1H3. The van der Waals surface area contributed by atoms with Gasteiger partial charge in [-0.25, -0.2) is 4.79 Å². The Kier molecular flexibility index (Phi) is 3.59. The molecule has 0 aromatic rings. The van der Waals surface area contributed by atoms with E-state index in [4.69, 9.17) is 0 Å². The fourth-order valence-electron chi connectivity index (χ4n) is 0.144. The van der Waals surface area contributed by atoms with E-state index in [0.29, 0.717) is 6.61 Å². The second kappa shape index (κ2) is 3.80. The minimum atomic E-state index is -0.758. The molecule has 0 atom stereocenters. The molecule has 0 rings (SSSR count). The van der Waals surface area contributed by atoms with E-state index in [1.807, 2.05) is 0 Å². The van der Waals surface area contributed by atoms with E-state index < -0.39 is 6.16 Å². The summed E-state index contributed by atoms with van der Waals surface area (Å²) in [5.41, 5.74) is 0. The van der Waals surface area contributed by atoms with Crippen molar-refractivity contribution in [1.82, 2.24) is 0 Å². The molecule has 42 valence electrons. The third-order valence-electron chi connectivity index (χ3n) is 0.337. The van der Waals surface area contributed by atoms with Crippen LogP contribution in [0.5, 0.6) is 0 Å². The van der Waals surface area contributed by atoms with Crippen LogP contribution in [0.3, 0.4) is 0 Å². The SMILES string of the molecule is CCOC(=O)OS. The highest BCUT2D eigenvalue weighted by Crippen LogP contribution is 1.84. The number of hydrogen-bond donors (Lipinski definition) is 1. The summed E-state index contributed by atoms with van der Waals surface area (Å²) in [7, 11) is 0. The van der Waals surface area contributed by atoms with Crippen LogP contribution in [0.2, 0.25) is 0 Å². The van der Waals surface area contributed by atoms with Crippen molar-refractivity contribution in [2.75, 3.05) is 6.61 Å². The summed E-state index contributed by atoms with van der Waals surface area (Å²) < 4.78 is 8.08. The van der Waals surface area contributed by atoms with Gasteiger partial charge >= 0.3 is 6.16 Å². The number of carbonyl (C=O) groups excluding carboxylic acids is 1. The minimum absolute atomic E-state index is 0.319. The Morgan fingerprint density at radius 2 is 2.43 bits per heavy atom. The molecular formula is C3H6O3S. The van der Waals surface area contributed by atoms with Gasteiger partial charge in [0.05, 0.1) is 6.61 Å². The topological polar surface area (TPSA) is 35.5 Å². The Bertz CT molecular complexity index is 63.2. The summed E-state index contributed by atoms with van der Waals surface area (Å²) >= 11 is 3.17. The molecule has 0 saturated carbocycles. The van der Waals surface area contributed by atoms with Crippen LogP contribution in [0.25, 0.3) is 0 Å². The first-order chi connectivity index (χ1) is 3.31. The first-order valence-electron chi connectivity index (χ1n) is 1.79. The molecule has 3 nitrogen and oxygen atoms in total. The van der Waals surface area contributed by atoms with Gasteiger partial charge in [-0.3, -0.25) is 0 Å². The molecule has 0 unspecified atom stereocenters. The lowest BCUT2D eigenvalue weighted by Crippen LogP contribution is -1.99. The van der Waals surface area contributed by atoms with Crippen molar-refractivity contribution in [3.05, 3.63) is 0 Å². The molecule has 0 amide bonds. The summed E-state index contributed by atoms with van der Waals surface area (Å²) in [5, 5.41) is 0. The molecule has 7 heavy (non-hydrogen) atoms. The van der Waals surface area contributed by atoms with Gasteiger partial charge in [0.25, 0.3) is 0 Å². The average molecular weight is 122 g/mol. The number of ether oxygens (including phenoxy) is 1. The smallest absolute Gasteiger partial charge is 0.434 e.